The second-order valence-corrected chi connectivity index (χ2v) is 6.90. The number of aliphatic carboxylic acids is 1. The number of rotatable bonds is 4. The average molecular weight is 363 g/mol. The lowest BCUT2D eigenvalue weighted by Gasteiger charge is -2.19. The van der Waals surface area contributed by atoms with Crippen molar-refractivity contribution < 1.29 is 14.6 Å². The number of benzene rings is 1. The van der Waals surface area contributed by atoms with E-state index < -0.39 is 11.9 Å². The predicted octanol–water partition coefficient (Wildman–Crippen LogP) is 3.25. The van der Waals surface area contributed by atoms with Crippen LogP contribution in [0.2, 0.25) is 0 Å². The maximum Gasteiger partial charge on any atom is 0.308 e. The topological polar surface area (TPSA) is 75.5 Å². The minimum Gasteiger partial charge on any atom is -0.494 e. The lowest BCUT2D eigenvalue weighted by atomic mass is 9.90. The number of hydrogen-bond donors (Lipinski definition) is 1. The van der Waals surface area contributed by atoms with E-state index in [0.29, 0.717) is 13.1 Å². The first-order valence-corrected chi connectivity index (χ1v) is 8.90. The lowest BCUT2D eigenvalue weighted by Crippen LogP contribution is -2.23. The predicted molar refractivity (Wildman–Crippen MR) is 103 cm³/mol. The first-order chi connectivity index (χ1) is 13.1. The molecule has 0 saturated carbocycles. The summed E-state index contributed by atoms with van der Waals surface area (Å²) in [5.74, 6) is 0.0927. The normalized spacial score (nSPS) is 19.4. The van der Waals surface area contributed by atoms with E-state index in [1.165, 1.54) is 0 Å². The van der Waals surface area contributed by atoms with E-state index in [-0.39, 0.29) is 5.92 Å². The summed E-state index contributed by atoms with van der Waals surface area (Å²) in [6.45, 7) is 3.05. The molecule has 1 aliphatic heterocycles. The van der Waals surface area contributed by atoms with Crippen LogP contribution in [0.1, 0.15) is 17.0 Å². The quantitative estimate of drug-likeness (QED) is 0.767. The third-order valence-electron chi connectivity index (χ3n) is 5.29. The molecule has 2 atom stereocenters. The SMILES string of the molecule is COc1cccc2c(C)cc(N3C[C@@H](C(=O)O)[C@H](c4cccnc4)C3)nc12. The number of hydrogen-bond acceptors (Lipinski definition) is 5. The summed E-state index contributed by atoms with van der Waals surface area (Å²) in [7, 11) is 1.63. The molecule has 4 rings (SSSR count). The molecule has 0 radical (unpaired) electrons. The van der Waals surface area contributed by atoms with Gasteiger partial charge >= 0.3 is 5.97 Å². The van der Waals surface area contributed by atoms with Gasteiger partial charge in [-0.05, 0) is 36.2 Å². The van der Waals surface area contributed by atoms with E-state index in [4.69, 9.17) is 9.72 Å². The molecule has 0 amide bonds. The molecule has 138 valence electrons. The highest BCUT2D eigenvalue weighted by molar-refractivity contribution is 5.89. The van der Waals surface area contributed by atoms with Crippen molar-refractivity contribution in [1.29, 1.82) is 0 Å². The van der Waals surface area contributed by atoms with Crippen LogP contribution in [0.15, 0.2) is 48.8 Å². The molecular formula is C21H21N3O3. The fourth-order valence-corrected chi connectivity index (χ4v) is 3.87. The zero-order valence-corrected chi connectivity index (χ0v) is 15.3. The van der Waals surface area contributed by atoms with Crippen molar-refractivity contribution in [2.45, 2.75) is 12.8 Å². The Hall–Kier alpha value is -3.15. The Labute approximate surface area is 157 Å². The number of ether oxygens (including phenoxy) is 1. The van der Waals surface area contributed by atoms with Gasteiger partial charge in [-0.2, -0.15) is 0 Å². The largest absolute Gasteiger partial charge is 0.494 e. The first kappa shape index (κ1) is 17.3. The second-order valence-electron chi connectivity index (χ2n) is 6.90. The zero-order chi connectivity index (χ0) is 19.0. The lowest BCUT2D eigenvalue weighted by molar-refractivity contribution is -0.141. The summed E-state index contributed by atoms with van der Waals surface area (Å²) in [5.41, 5.74) is 2.83. The van der Waals surface area contributed by atoms with Crippen LogP contribution in [0.25, 0.3) is 10.9 Å². The zero-order valence-electron chi connectivity index (χ0n) is 15.3. The van der Waals surface area contributed by atoms with Crippen molar-refractivity contribution in [3.05, 3.63) is 59.9 Å². The highest BCUT2D eigenvalue weighted by Gasteiger charge is 2.39. The molecule has 3 aromatic rings. The molecule has 6 nitrogen and oxygen atoms in total. The van der Waals surface area contributed by atoms with Gasteiger partial charge in [0.1, 0.15) is 17.1 Å². The first-order valence-electron chi connectivity index (χ1n) is 8.90. The van der Waals surface area contributed by atoms with Gasteiger partial charge in [-0.3, -0.25) is 9.78 Å². The Kier molecular flexibility index (Phi) is 4.39. The van der Waals surface area contributed by atoms with Gasteiger partial charge in [0.25, 0.3) is 0 Å². The van der Waals surface area contributed by atoms with Crippen LogP contribution in [-0.2, 0) is 4.79 Å². The Morgan fingerprint density at radius 3 is 2.81 bits per heavy atom. The standard InChI is InChI=1S/C21H21N3O3/c1-13-9-19(23-20-15(13)6-3-7-18(20)27-2)24-11-16(17(12-24)21(25)26)14-5-4-8-22-10-14/h3-10,16-17H,11-12H2,1-2H3,(H,25,26)/t16-,17+/m0/s1. The minimum atomic E-state index is -0.790. The number of fused-ring (bicyclic) bond motifs is 1. The molecule has 0 unspecified atom stereocenters. The molecule has 1 fully saturated rings. The van der Waals surface area contributed by atoms with E-state index in [2.05, 4.69) is 9.88 Å². The summed E-state index contributed by atoms with van der Waals surface area (Å²) in [4.78, 5) is 22.9. The van der Waals surface area contributed by atoms with Crippen molar-refractivity contribution in [2.24, 2.45) is 5.92 Å². The molecule has 1 aliphatic rings. The van der Waals surface area contributed by atoms with Crippen molar-refractivity contribution in [1.82, 2.24) is 9.97 Å². The number of nitrogens with zero attached hydrogens (tertiary/aromatic N) is 3. The van der Waals surface area contributed by atoms with Gasteiger partial charge < -0.3 is 14.7 Å². The molecule has 0 spiro atoms. The van der Waals surface area contributed by atoms with Crippen LogP contribution in [-0.4, -0.2) is 41.2 Å². The average Bonchev–Trinajstić information content (AvgIpc) is 3.14. The summed E-state index contributed by atoms with van der Waals surface area (Å²) < 4.78 is 5.47. The van der Waals surface area contributed by atoms with Gasteiger partial charge in [0, 0.05) is 36.8 Å². The monoisotopic (exact) mass is 363 g/mol. The molecule has 1 aromatic carbocycles. The van der Waals surface area contributed by atoms with Gasteiger partial charge in [-0.25, -0.2) is 4.98 Å². The van der Waals surface area contributed by atoms with Crippen LogP contribution in [0, 0.1) is 12.8 Å². The molecule has 27 heavy (non-hydrogen) atoms. The molecule has 3 heterocycles. The van der Waals surface area contributed by atoms with Crippen LogP contribution >= 0.6 is 0 Å². The van der Waals surface area contributed by atoms with Gasteiger partial charge in [0.15, 0.2) is 0 Å². The van der Waals surface area contributed by atoms with E-state index >= 15 is 0 Å². The molecule has 6 heteroatoms. The van der Waals surface area contributed by atoms with Crippen molar-refractivity contribution in [3.63, 3.8) is 0 Å². The number of carbonyl (C=O) groups is 1. The molecule has 0 bridgehead atoms. The third-order valence-corrected chi connectivity index (χ3v) is 5.29. The van der Waals surface area contributed by atoms with Crippen LogP contribution < -0.4 is 9.64 Å². The smallest absolute Gasteiger partial charge is 0.308 e. The number of pyridine rings is 2. The number of carboxylic acid groups (broad SMARTS) is 1. The van der Waals surface area contributed by atoms with E-state index in [9.17, 15) is 9.90 Å². The number of aromatic nitrogens is 2. The van der Waals surface area contributed by atoms with E-state index in [1.54, 1.807) is 19.5 Å². The number of para-hydroxylation sites is 1. The van der Waals surface area contributed by atoms with Crippen molar-refractivity contribution >= 4 is 22.7 Å². The summed E-state index contributed by atoms with van der Waals surface area (Å²) >= 11 is 0. The highest BCUT2D eigenvalue weighted by atomic mass is 16.5. The Balaban J connectivity index is 1.74. The molecule has 0 aliphatic carbocycles. The van der Waals surface area contributed by atoms with Crippen LogP contribution in [0.5, 0.6) is 5.75 Å². The van der Waals surface area contributed by atoms with Gasteiger partial charge in [0.2, 0.25) is 0 Å². The Bertz CT molecular complexity index is 991. The van der Waals surface area contributed by atoms with Crippen LogP contribution in [0.4, 0.5) is 5.82 Å². The summed E-state index contributed by atoms with van der Waals surface area (Å²) in [6, 6.07) is 11.7. The Morgan fingerprint density at radius 2 is 2.11 bits per heavy atom. The van der Waals surface area contributed by atoms with Gasteiger partial charge in [-0.15, -0.1) is 0 Å². The van der Waals surface area contributed by atoms with E-state index in [1.807, 2.05) is 43.3 Å². The number of anilines is 1. The molecule has 1 saturated heterocycles. The summed E-state index contributed by atoms with van der Waals surface area (Å²) in [5, 5.41) is 10.8. The minimum absolute atomic E-state index is 0.119. The third kappa shape index (κ3) is 3.07. The fourth-order valence-electron chi connectivity index (χ4n) is 3.87. The van der Waals surface area contributed by atoms with Gasteiger partial charge in [-0.1, -0.05) is 18.2 Å². The second kappa shape index (κ2) is 6.87. The van der Waals surface area contributed by atoms with Gasteiger partial charge in [0.05, 0.1) is 13.0 Å². The Morgan fingerprint density at radius 1 is 1.26 bits per heavy atom. The number of methoxy groups -OCH3 is 1. The molecule has 2 aromatic heterocycles. The van der Waals surface area contributed by atoms with E-state index in [0.717, 1.165) is 33.6 Å². The number of carboxylic acids is 1. The maximum absolute atomic E-state index is 11.9. The summed E-state index contributed by atoms with van der Waals surface area (Å²) in [6.07, 6.45) is 3.46. The maximum atomic E-state index is 11.9. The highest BCUT2D eigenvalue weighted by Crippen LogP contribution is 2.36. The molecular weight excluding hydrogens is 342 g/mol. The van der Waals surface area contributed by atoms with Crippen molar-refractivity contribution in [3.8, 4) is 5.75 Å². The van der Waals surface area contributed by atoms with Crippen LogP contribution in [0.3, 0.4) is 0 Å². The number of aryl methyl sites for hydroxylation is 1. The molecule has 1 N–H and O–H groups in total. The fraction of sp³-hybridized carbons (Fsp3) is 0.286. The van der Waals surface area contributed by atoms with Crippen molar-refractivity contribution in [2.75, 3.05) is 25.1 Å².